The molecular weight excluding hydrogens is 493 g/mol. The third kappa shape index (κ3) is 4.23. The maximum absolute atomic E-state index is 13.9. The second-order valence-corrected chi connectivity index (χ2v) is 9.79. The van der Waals surface area contributed by atoms with Crippen molar-refractivity contribution in [3.8, 4) is 11.3 Å². The van der Waals surface area contributed by atoms with Gasteiger partial charge in [0.2, 0.25) is 0 Å². The van der Waals surface area contributed by atoms with Crippen LogP contribution in [0.25, 0.3) is 16.9 Å². The summed E-state index contributed by atoms with van der Waals surface area (Å²) in [6.07, 6.45) is -1.32. The van der Waals surface area contributed by atoms with Crippen LogP contribution in [0.15, 0.2) is 42.6 Å². The average Bonchev–Trinajstić information content (AvgIpc) is 3.43. The summed E-state index contributed by atoms with van der Waals surface area (Å²) in [6.45, 7) is 2.12. The van der Waals surface area contributed by atoms with Crippen molar-refractivity contribution in [3.05, 3.63) is 69.9 Å². The summed E-state index contributed by atoms with van der Waals surface area (Å²) in [4.78, 5) is 31.2. The number of ether oxygens (including phenoxy) is 1. The van der Waals surface area contributed by atoms with Crippen LogP contribution in [0.1, 0.15) is 50.2 Å². The first-order valence-corrected chi connectivity index (χ1v) is 12.0. The molecule has 36 heavy (non-hydrogen) atoms. The zero-order chi connectivity index (χ0) is 25.6. The lowest BCUT2D eigenvalue weighted by atomic mass is 9.88. The number of aromatic nitrogens is 3. The smallest absolute Gasteiger partial charge is 0.433 e. The van der Waals surface area contributed by atoms with Crippen LogP contribution in [0.2, 0.25) is 0 Å². The van der Waals surface area contributed by atoms with Crippen LogP contribution in [-0.4, -0.2) is 33.6 Å². The Morgan fingerprint density at radius 3 is 2.67 bits per heavy atom. The quantitative estimate of drug-likeness (QED) is 0.356. The van der Waals surface area contributed by atoms with E-state index in [0.29, 0.717) is 33.0 Å². The minimum Gasteiger partial charge on any atom is -0.465 e. The fourth-order valence-electron chi connectivity index (χ4n) is 4.41. The molecule has 0 bridgehead atoms. The van der Waals surface area contributed by atoms with Gasteiger partial charge in [0.05, 0.1) is 24.6 Å². The Morgan fingerprint density at radius 2 is 1.97 bits per heavy atom. The minimum absolute atomic E-state index is 0.0563. The first kappa shape index (κ1) is 24.0. The number of esters is 1. The van der Waals surface area contributed by atoms with E-state index in [0.717, 1.165) is 35.5 Å². The molecule has 0 saturated carbocycles. The molecule has 4 aromatic rings. The Hall–Kier alpha value is -3.73. The number of fused-ring (bicyclic) bond motifs is 2. The maximum atomic E-state index is 13.9. The highest BCUT2D eigenvalue weighted by Crippen LogP contribution is 2.40. The summed E-state index contributed by atoms with van der Waals surface area (Å²) in [5.74, 6) is -0.847. The Labute approximate surface area is 207 Å². The van der Waals surface area contributed by atoms with Gasteiger partial charge in [-0.15, -0.1) is 11.3 Å². The largest absolute Gasteiger partial charge is 0.465 e. The number of hydrogen-bond donors (Lipinski definition) is 1. The Morgan fingerprint density at radius 1 is 1.22 bits per heavy atom. The third-order valence-electron chi connectivity index (χ3n) is 6.20. The molecule has 1 N–H and O–H groups in total. The zero-order valence-corrected chi connectivity index (χ0v) is 20.2. The van der Waals surface area contributed by atoms with Gasteiger partial charge in [-0.1, -0.05) is 37.3 Å². The van der Waals surface area contributed by atoms with E-state index in [1.807, 2.05) is 0 Å². The number of carbonyl (C=O) groups excluding carboxylic acids is 2. The van der Waals surface area contributed by atoms with Crippen LogP contribution < -0.4 is 5.32 Å². The van der Waals surface area contributed by atoms with Crippen molar-refractivity contribution in [2.75, 3.05) is 12.4 Å². The number of hydrogen-bond acceptors (Lipinski definition) is 6. The van der Waals surface area contributed by atoms with E-state index < -0.39 is 23.7 Å². The number of benzene rings is 1. The summed E-state index contributed by atoms with van der Waals surface area (Å²) in [5.41, 5.74) is 0.227. The summed E-state index contributed by atoms with van der Waals surface area (Å²) < 4.78 is 47.2. The summed E-state index contributed by atoms with van der Waals surface area (Å²) in [7, 11) is 1.27. The van der Waals surface area contributed by atoms with E-state index in [4.69, 9.17) is 4.74 Å². The molecule has 3 aromatic heterocycles. The zero-order valence-electron chi connectivity index (χ0n) is 19.3. The third-order valence-corrected chi connectivity index (χ3v) is 7.37. The summed E-state index contributed by atoms with van der Waals surface area (Å²) in [5, 5.41) is 6.84. The molecule has 3 heterocycles. The average molecular weight is 515 g/mol. The lowest BCUT2D eigenvalue weighted by Crippen LogP contribution is -2.17. The molecule has 1 aliphatic carbocycles. The van der Waals surface area contributed by atoms with Crippen molar-refractivity contribution >= 4 is 33.9 Å². The number of carbonyl (C=O) groups is 2. The predicted molar refractivity (Wildman–Crippen MR) is 128 cm³/mol. The number of nitrogens with one attached hydrogen (secondary N) is 1. The highest BCUT2D eigenvalue weighted by atomic mass is 32.1. The van der Waals surface area contributed by atoms with E-state index in [1.54, 1.807) is 30.3 Å². The van der Waals surface area contributed by atoms with Gasteiger partial charge in [0.1, 0.15) is 10.6 Å². The highest BCUT2D eigenvalue weighted by molar-refractivity contribution is 7.17. The maximum Gasteiger partial charge on any atom is 0.433 e. The molecule has 7 nitrogen and oxygen atoms in total. The molecule has 186 valence electrons. The number of anilines is 1. The van der Waals surface area contributed by atoms with Gasteiger partial charge in [-0.3, -0.25) is 4.79 Å². The molecule has 1 amide bonds. The van der Waals surface area contributed by atoms with E-state index in [9.17, 15) is 22.8 Å². The number of rotatable bonds is 4. The lowest BCUT2D eigenvalue weighted by Gasteiger charge is -2.18. The second-order valence-electron chi connectivity index (χ2n) is 8.69. The van der Waals surface area contributed by atoms with Crippen molar-refractivity contribution < 1.29 is 27.5 Å². The molecule has 1 aromatic carbocycles. The second kappa shape index (κ2) is 9.05. The molecule has 0 fully saturated rings. The standard InChI is InChI=1S/C25H21F3N4O3S/c1-13-8-9-15-18(10-13)36-23(20(15)24(34)35-2)31-22(33)16-12-29-32-19(25(26,27)28)11-17(30-21(16)32)14-6-4-3-5-7-14/h3-7,11-13H,8-10H2,1-2H3,(H,31,33). The van der Waals surface area contributed by atoms with Gasteiger partial charge in [0.25, 0.3) is 5.91 Å². The minimum atomic E-state index is -4.73. The number of halogens is 3. The Bertz CT molecular complexity index is 1480. The van der Waals surface area contributed by atoms with Gasteiger partial charge >= 0.3 is 12.1 Å². The van der Waals surface area contributed by atoms with Gasteiger partial charge in [0, 0.05) is 10.4 Å². The number of thiophene rings is 1. The van der Waals surface area contributed by atoms with E-state index in [2.05, 4.69) is 22.3 Å². The molecule has 1 aliphatic rings. The van der Waals surface area contributed by atoms with Crippen molar-refractivity contribution in [1.29, 1.82) is 0 Å². The molecule has 11 heteroatoms. The predicted octanol–water partition coefficient (Wildman–Crippen LogP) is 5.64. The Kier molecular flexibility index (Phi) is 6.03. The van der Waals surface area contributed by atoms with Gasteiger partial charge < -0.3 is 10.1 Å². The topological polar surface area (TPSA) is 85.6 Å². The van der Waals surface area contributed by atoms with Crippen LogP contribution >= 0.6 is 11.3 Å². The van der Waals surface area contributed by atoms with Gasteiger partial charge in [-0.05, 0) is 36.8 Å². The van der Waals surface area contributed by atoms with Crippen LogP contribution in [-0.2, 0) is 23.8 Å². The monoisotopic (exact) mass is 514 g/mol. The first-order valence-electron chi connectivity index (χ1n) is 11.2. The Balaban J connectivity index is 1.59. The SMILES string of the molecule is COC(=O)c1c(NC(=O)c2cnn3c(C(F)(F)F)cc(-c4ccccc4)nc23)sc2c1CCC(C)C2. The number of nitrogens with zero attached hydrogens (tertiary/aromatic N) is 3. The van der Waals surface area contributed by atoms with Gasteiger partial charge in [0.15, 0.2) is 11.3 Å². The van der Waals surface area contributed by atoms with Crippen molar-refractivity contribution in [2.45, 2.75) is 32.4 Å². The molecule has 1 atom stereocenters. The molecule has 0 radical (unpaired) electrons. The number of alkyl halides is 3. The summed E-state index contributed by atoms with van der Waals surface area (Å²) >= 11 is 1.29. The fourth-order valence-corrected chi connectivity index (χ4v) is 5.80. The van der Waals surface area contributed by atoms with Crippen LogP contribution in [0, 0.1) is 5.92 Å². The first-order chi connectivity index (χ1) is 17.2. The molecular formula is C25H21F3N4O3S. The molecule has 5 rings (SSSR count). The molecule has 0 spiro atoms. The molecule has 0 aliphatic heterocycles. The van der Waals surface area contributed by atoms with Crippen molar-refractivity contribution in [1.82, 2.24) is 14.6 Å². The van der Waals surface area contributed by atoms with Crippen molar-refractivity contribution in [3.63, 3.8) is 0 Å². The lowest BCUT2D eigenvalue weighted by molar-refractivity contribution is -0.142. The van der Waals surface area contributed by atoms with E-state index in [-0.39, 0.29) is 16.9 Å². The normalized spacial score (nSPS) is 15.5. The highest BCUT2D eigenvalue weighted by Gasteiger charge is 2.36. The van der Waals surface area contributed by atoms with Gasteiger partial charge in [-0.25, -0.2) is 14.3 Å². The van der Waals surface area contributed by atoms with Gasteiger partial charge in [-0.2, -0.15) is 18.3 Å². The fraction of sp³-hybridized carbons (Fsp3) is 0.280. The van der Waals surface area contributed by atoms with Crippen LogP contribution in [0.3, 0.4) is 0 Å². The number of amides is 1. The number of methoxy groups -OCH3 is 1. The molecule has 0 saturated heterocycles. The van der Waals surface area contributed by atoms with E-state index in [1.165, 1.54) is 18.4 Å². The van der Waals surface area contributed by atoms with E-state index >= 15 is 0 Å². The van der Waals surface area contributed by atoms with Crippen molar-refractivity contribution in [2.24, 2.45) is 5.92 Å². The summed E-state index contributed by atoms with van der Waals surface area (Å²) in [6, 6.07) is 9.29. The molecule has 1 unspecified atom stereocenters. The van der Waals surface area contributed by atoms with Crippen LogP contribution in [0.4, 0.5) is 18.2 Å². The van der Waals surface area contributed by atoms with Crippen LogP contribution in [0.5, 0.6) is 0 Å².